The standard InChI is InChI=1S/C24H24N6O3/c1-32-21-10-6-5-9-18(21)15-22(31)29-13-11-19(12-14-29)30-16-20(26-28-30)24-25-23(27-33-24)17-7-3-2-4-8-17/h2-10,16,19H,11-15H2,1H3. The average molecular weight is 444 g/mol. The third kappa shape index (κ3) is 4.48. The van der Waals surface area contributed by atoms with Gasteiger partial charge >= 0.3 is 0 Å². The number of amides is 1. The summed E-state index contributed by atoms with van der Waals surface area (Å²) in [4.78, 5) is 19.1. The van der Waals surface area contributed by atoms with Crippen molar-refractivity contribution in [2.75, 3.05) is 20.2 Å². The molecule has 0 aliphatic carbocycles. The molecule has 4 aromatic rings. The Hall–Kier alpha value is -4.01. The molecule has 0 radical (unpaired) electrons. The molecule has 0 atom stereocenters. The van der Waals surface area contributed by atoms with Crippen LogP contribution in [0.25, 0.3) is 23.0 Å². The second-order valence-electron chi connectivity index (χ2n) is 7.97. The van der Waals surface area contributed by atoms with Gasteiger partial charge in [0, 0.05) is 24.2 Å². The van der Waals surface area contributed by atoms with Crippen molar-refractivity contribution in [3.63, 3.8) is 0 Å². The fraction of sp³-hybridized carbons (Fsp3) is 0.292. The predicted octanol–water partition coefficient (Wildman–Crippen LogP) is 3.41. The first kappa shape index (κ1) is 20.9. The number of carbonyl (C=O) groups excluding carboxylic acids is 1. The first-order chi connectivity index (χ1) is 16.2. The van der Waals surface area contributed by atoms with Crippen LogP contribution in [0.15, 0.2) is 65.3 Å². The highest BCUT2D eigenvalue weighted by Gasteiger charge is 2.26. The molecule has 1 saturated heterocycles. The van der Waals surface area contributed by atoms with Crippen molar-refractivity contribution < 1.29 is 14.1 Å². The molecule has 2 aromatic carbocycles. The zero-order valence-electron chi connectivity index (χ0n) is 18.3. The van der Waals surface area contributed by atoms with E-state index in [1.165, 1.54) is 0 Å². The van der Waals surface area contributed by atoms with Crippen LogP contribution in [0.2, 0.25) is 0 Å². The van der Waals surface area contributed by atoms with Crippen molar-refractivity contribution in [3.05, 3.63) is 66.4 Å². The van der Waals surface area contributed by atoms with E-state index in [2.05, 4.69) is 20.5 Å². The van der Waals surface area contributed by atoms with Gasteiger partial charge in [0.1, 0.15) is 5.75 Å². The largest absolute Gasteiger partial charge is 0.496 e. The van der Waals surface area contributed by atoms with Gasteiger partial charge in [0.25, 0.3) is 5.89 Å². The lowest BCUT2D eigenvalue weighted by molar-refractivity contribution is -0.131. The fourth-order valence-corrected chi connectivity index (χ4v) is 4.09. The zero-order valence-corrected chi connectivity index (χ0v) is 18.3. The van der Waals surface area contributed by atoms with E-state index in [0.717, 1.165) is 29.7 Å². The predicted molar refractivity (Wildman–Crippen MR) is 120 cm³/mol. The molecule has 9 heteroatoms. The summed E-state index contributed by atoms with van der Waals surface area (Å²) in [6.45, 7) is 1.35. The van der Waals surface area contributed by atoms with Crippen LogP contribution < -0.4 is 4.74 Å². The summed E-state index contributed by atoms with van der Waals surface area (Å²) in [7, 11) is 1.62. The Morgan fingerprint density at radius 2 is 1.85 bits per heavy atom. The quantitative estimate of drug-likeness (QED) is 0.449. The highest BCUT2D eigenvalue weighted by atomic mass is 16.5. The first-order valence-corrected chi connectivity index (χ1v) is 10.9. The highest BCUT2D eigenvalue weighted by molar-refractivity contribution is 5.79. The van der Waals surface area contributed by atoms with Crippen LogP contribution in [-0.2, 0) is 11.2 Å². The minimum Gasteiger partial charge on any atom is -0.496 e. The van der Waals surface area contributed by atoms with Gasteiger partial charge in [-0.15, -0.1) is 5.10 Å². The van der Waals surface area contributed by atoms with Gasteiger partial charge in [-0.25, -0.2) is 4.68 Å². The second kappa shape index (κ2) is 9.23. The molecule has 1 aliphatic rings. The summed E-state index contributed by atoms with van der Waals surface area (Å²) in [5.41, 5.74) is 2.33. The number of piperidine rings is 1. The van der Waals surface area contributed by atoms with Crippen LogP contribution in [0.4, 0.5) is 0 Å². The van der Waals surface area contributed by atoms with Crippen molar-refractivity contribution in [3.8, 4) is 28.7 Å². The molecule has 5 rings (SSSR count). The normalized spacial score (nSPS) is 14.4. The van der Waals surface area contributed by atoms with Gasteiger partial charge in [-0.1, -0.05) is 58.9 Å². The Morgan fingerprint density at radius 1 is 1.09 bits per heavy atom. The van der Waals surface area contributed by atoms with Gasteiger partial charge in [-0.2, -0.15) is 4.98 Å². The molecule has 1 amide bonds. The molecular formula is C24H24N6O3. The Bertz CT molecular complexity index is 1230. The number of likely N-dealkylation sites (tertiary alicyclic amines) is 1. The fourth-order valence-electron chi connectivity index (χ4n) is 4.09. The van der Waals surface area contributed by atoms with Crippen molar-refractivity contribution in [1.29, 1.82) is 0 Å². The molecule has 0 spiro atoms. The van der Waals surface area contributed by atoms with Gasteiger partial charge in [-0.05, 0) is 18.9 Å². The van der Waals surface area contributed by atoms with Gasteiger partial charge in [0.05, 0.1) is 25.8 Å². The zero-order chi connectivity index (χ0) is 22.6. The van der Waals surface area contributed by atoms with Crippen LogP contribution in [0.5, 0.6) is 5.75 Å². The number of para-hydroxylation sites is 1. The number of benzene rings is 2. The molecule has 1 aliphatic heterocycles. The van der Waals surface area contributed by atoms with E-state index < -0.39 is 0 Å². The molecule has 3 heterocycles. The number of ether oxygens (including phenoxy) is 1. The third-order valence-electron chi connectivity index (χ3n) is 5.91. The molecular weight excluding hydrogens is 420 g/mol. The van der Waals surface area contributed by atoms with Gasteiger partial charge in [0.2, 0.25) is 11.7 Å². The van der Waals surface area contributed by atoms with Gasteiger partial charge < -0.3 is 14.2 Å². The van der Waals surface area contributed by atoms with E-state index in [0.29, 0.717) is 36.9 Å². The number of aromatic nitrogens is 5. The summed E-state index contributed by atoms with van der Waals surface area (Å²) >= 11 is 0. The number of carbonyl (C=O) groups is 1. The Labute approximate surface area is 191 Å². The second-order valence-corrected chi connectivity index (χ2v) is 7.97. The Kier molecular flexibility index (Phi) is 5.84. The van der Waals surface area contributed by atoms with E-state index in [-0.39, 0.29) is 11.9 Å². The minimum atomic E-state index is 0.108. The summed E-state index contributed by atoms with van der Waals surface area (Å²) < 4.78 is 12.6. The van der Waals surface area contributed by atoms with Crippen molar-refractivity contribution in [1.82, 2.24) is 30.0 Å². The van der Waals surface area contributed by atoms with Crippen LogP contribution in [0.3, 0.4) is 0 Å². The summed E-state index contributed by atoms with van der Waals surface area (Å²) in [5.74, 6) is 1.70. The summed E-state index contributed by atoms with van der Waals surface area (Å²) in [6.07, 6.45) is 3.78. The number of hydrogen-bond acceptors (Lipinski definition) is 7. The van der Waals surface area contributed by atoms with E-state index in [1.807, 2.05) is 70.4 Å². The number of hydrogen-bond donors (Lipinski definition) is 0. The van der Waals surface area contributed by atoms with Crippen molar-refractivity contribution in [2.24, 2.45) is 0 Å². The van der Waals surface area contributed by atoms with Crippen molar-refractivity contribution >= 4 is 5.91 Å². The molecule has 168 valence electrons. The van der Waals surface area contributed by atoms with Gasteiger partial charge in [-0.3, -0.25) is 4.79 Å². The maximum absolute atomic E-state index is 12.8. The lowest BCUT2D eigenvalue weighted by atomic mass is 10.0. The van der Waals surface area contributed by atoms with E-state index in [9.17, 15) is 4.79 Å². The monoisotopic (exact) mass is 444 g/mol. The minimum absolute atomic E-state index is 0.108. The van der Waals surface area contributed by atoms with E-state index in [4.69, 9.17) is 9.26 Å². The van der Waals surface area contributed by atoms with E-state index in [1.54, 1.807) is 7.11 Å². The van der Waals surface area contributed by atoms with Gasteiger partial charge in [0.15, 0.2) is 5.69 Å². The average Bonchev–Trinajstić information content (AvgIpc) is 3.55. The molecule has 9 nitrogen and oxygen atoms in total. The van der Waals surface area contributed by atoms with E-state index >= 15 is 0 Å². The summed E-state index contributed by atoms with van der Waals surface area (Å²) in [5, 5.41) is 12.5. The molecule has 0 saturated carbocycles. The Balaban J connectivity index is 1.20. The molecule has 0 unspecified atom stereocenters. The maximum Gasteiger partial charge on any atom is 0.280 e. The molecule has 0 bridgehead atoms. The van der Waals surface area contributed by atoms with Crippen LogP contribution in [0.1, 0.15) is 24.4 Å². The third-order valence-corrected chi connectivity index (χ3v) is 5.91. The molecule has 2 aromatic heterocycles. The molecule has 1 fully saturated rings. The number of nitrogens with zero attached hydrogens (tertiary/aromatic N) is 6. The topological polar surface area (TPSA) is 99.2 Å². The molecule has 0 N–H and O–H groups in total. The number of methoxy groups -OCH3 is 1. The lowest BCUT2D eigenvalue weighted by Crippen LogP contribution is -2.40. The van der Waals surface area contributed by atoms with Crippen LogP contribution >= 0.6 is 0 Å². The smallest absolute Gasteiger partial charge is 0.280 e. The Morgan fingerprint density at radius 3 is 2.64 bits per heavy atom. The van der Waals surface area contributed by atoms with Crippen LogP contribution in [0, 0.1) is 0 Å². The van der Waals surface area contributed by atoms with Crippen molar-refractivity contribution in [2.45, 2.75) is 25.3 Å². The van der Waals surface area contributed by atoms with Crippen LogP contribution in [-0.4, -0.2) is 56.1 Å². The SMILES string of the molecule is COc1ccccc1CC(=O)N1CCC(n2cc(-c3nc(-c4ccccc4)no3)nn2)CC1. The lowest BCUT2D eigenvalue weighted by Gasteiger charge is -2.32. The highest BCUT2D eigenvalue weighted by Crippen LogP contribution is 2.26. The summed E-state index contributed by atoms with van der Waals surface area (Å²) in [6, 6.07) is 17.4. The number of rotatable bonds is 6. The first-order valence-electron chi connectivity index (χ1n) is 10.9. The molecule has 33 heavy (non-hydrogen) atoms. The maximum atomic E-state index is 12.8.